The number of aromatic nitrogens is 1. The fourth-order valence-corrected chi connectivity index (χ4v) is 2.04. The fourth-order valence-electron chi connectivity index (χ4n) is 2.04. The molecule has 8 heteroatoms. The van der Waals surface area contributed by atoms with Gasteiger partial charge in [0.1, 0.15) is 11.6 Å². The molecular weight excluding hydrogens is 273 g/mol. The van der Waals surface area contributed by atoms with Crippen LogP contribution in [0.25, 0.3) is 0 Å². The summed E-state index contributed by atoms with van der Waals surface area (Å²) in [6, 6.07) is 1.71. The van der Waals surface area contributed by atoms with Gasteiger partial charge in [-0.2, -0.15) is 13.2 Å². The summed E-state index contributed by atoms with van der Waals surface area (Å²) in [5.41, 5.74) is 4.57. The van der Waals surface area contributed by atoms with Crippen LogP contribution in [-0.2, 0) is 11.0 Å². The largest absolute Gasteiger partial charge is 0.416 e. The van der Waals surface area contributed by atoms with Crippen molar-refractivity contribution in [1.29, 1.82) is 0 Å². The monoisotopic (exact) mass is 288 g/mol. The van der Waals surface area contributed by atoms with E-state index in [4.69, 9.17) is 5.73 Å². The number of nitrogens with zero attached hydrogens (tertiary/aromatic N) is 3. The topological polar surface area (TPSA) is 62.5 Å². The fraction of sp³-hybridized carbons (Fsp3) is 0.500. The number of nitrogens with two attached hydrogens (primary N) is 1. The Morgan fingerprint density at radius 3 is 2.65 bits per heavy atom. The zero-order chi connectivity index (χ0) is 14.9. The molecule has 1 saturated heterocycles. The molecule has 110 valence electrons. The molecule has 0 bridgehead atoms. The molecular formula is C12H15F3N4O. The van der Waals surface area contributed by atoms with Gasteiger partial charge in [0.2, 0.25) is 5.91 Å². The molecule has 1 aromatic rings. The third kappa shape index (κ3) is 3.12. The molecule has 1 aliphatic heterocycles. The van der Waals surface area contributed by atoms with Crippen LogP contribution < -0.4 is 10.6 Å². The predicted octanol–water partition coefficient (Wildman–Crippen LogP) is 1.35. The van der Waals surface area contributed by atoms with E-state index in [-0.39, 0.29) is 24.1 Å². The van der Waals surface area contributed by atoms with Crippen molar-refractivity contribution in [3.05, 3.63) is 17.7 Å². The maximum absolute atomic E-state index is 12.8. The van der Waals surface area contributed by atoms with Crippen molar-refractivity contribution in [2.45, 2.75) is 12.6 Å². The molecule has 2 N–H and O–H groups in total. The third-order valence-electron chi connectivity index (χ3n) is 3.16. The first-order chi connectivity index (χ1) is 9.27. The minimum atomic E-state index is -4.49. The molecule has 0 aliphatic carbocycles. The highest BCUT2D eigenvalue weighted by Gasteiger charge is 2.32. The Morgan fingerprint density at radius 2 is 2.00 bits per heavy atom. The lowest BCUT2D eigenvalue weighted by atomic mass is 10.2. The van der Waals surface area contributed by atoms with Crippen molar-refractivity contribution >= 4 is 17.5 Å². The van der Waals surface area contributed by atoms with Crippen LogP contribution in [0.15, 0.2) is 12.1 Å². The van der Waals surface area contributed by atoms with Crippen LogP contribution in [0.2, 0.25) is 0 Å². The summed E-state index contributed by atoms with van der Waals surface area (Å²) in [5.74, 6) is -0.277. The van der Waals surface area contributed by atoms with Gasteiger partial charge in [0.05, 0.1) is 12.1 Å². The molecule has 0 spiro atoms. The average molecular weight is 288 g/mol. The number of carbonyl (C=O) groups is 1. The highest BCUT2D eigenvalue weighted by molar-refractivity contribution is 5.81. The lowest BCUT2D eigenvalue weighted by Gasteiger charge is -2.22. The Balaban J connectivity index is 2.32. The molecule has 0 saturated carbocycles. The molecule has 2 rings (SSSR count). The second kappa shape index (κ2) is 5.18. The molecule has 0 atom stereocenters. The average Bonchev–Trinajstić information content (AvgIpc) is 2.50. The summed E-state index contributed by atoms with van der Waals surface area (Å²) in [4.78, 5) is 18.8. The van der Waals surface area contributed by atoms with E-state index >= 15 is 0 Å². The Morgan fingerprint density at radius 1 is 1.30 bits per heavy atom. The first kappa shape index (κ1) is 14.4. The molecule has 0 radical (unpaired) electrons. The van der Waals surface area contributed by atoms with Gasteiger partial charge in [-0.3, -0.25) is 4.79 Å². The minimum absolute atomic E-state index is 0.00422. The van der Waals surface area contributed by atoms with Crippen LogP contribution >= 0.6 is 0 Å². The van der Waals surface area contributed by atoms with E-state index in [9.17, 15) is 18.0 Å². The van der Waals surface area contributed by atoms with Crippen molar-refractivity contribution in [2.75, 3.05) is 37.3 Å². The number of halogens is 3. The van der Waals surface area contributed by atoms with Crippen LogP contribution in [-0.4, -0.2) is 42.5 Å². The van der Waals surface area contributed by atoms with E-state index in [0.717, 1.165) is 12.1 Å². The number of amides is 1. The van der Waals surface area contributed by atoms with Gasteiger partial charge >= 0.3 is 6.18 Å². The smallest absolute Gasteiger partial charge is 0.384 e. The minimum Gasteiger partial charge on any atom is -0.384 e. The number of nitrogen functional groups attached to an aromatic ring is 1. The standard InChI is InChI=1S/C12H15F3N4O/c1-18-3-2-4-19(7-11(18)20)10-6-8(12(13,14)15)5-9(16)17-10/h5-6H,2-4,7H2,1H3,(H2,16,17). The Bertz CT molecular complexity index is 518. The number of carbonyl (C=O) groups excluding carboxylic acids is 1. The molecule has 1 aromatic heterocycles. The van der Waals surface area contributed by atoms with E-state index in [1.807, 2.05) is 0 Å². The first-order valence-corrected chi connectivity index (χ1v) is 6.11. The summed E-state index contributed by atoms with van der Waals surface area (Å²) in [6.07, 6.45) is -3.82. The van der Waals surface area contributed by atoms with Crippen LogP contribution in [0.5, 0.6) is 0 Å². The molecule has 1 amide bonds. The second-order valence-electron chi connectivity index (χ2n) is 4.73. The summed E-state index contributed by atoms with van der Waals surface area (Å²) in [7, 11) is 1.67. The molecule has 2 heterocycles. The van der Waals surface area contributed by atoms with Gasteiger partial charge < -0.3 is 15.5 Å². The van der Waals surface area contributed by atoms with Crippen molar-refractivity contribution in [2.24, 2.45) is 0 Å². The SMILES string of the molecule is CN1CCCN(c2cc(C(F)(F)F)cc(N)n2)CC1=O. The first-order valence-electron chi connectivity index (χ1n) is 6.11. The summed E-state index contributed by atoms with van der Waals surface area (Å²) in [5, 5.41) is 0. The van der Waals surface area contributed by atoms with E-state index in [1.165, 1.54) is 4.90 Å². The van der Waals surface area contributed by atoms with Gasteiger partial charge in [-0.25, -0.2) is 4.98 Å². The van der Waals surface area contributed by atoms with Gasteiger partial charge in [-0.05, 0) is 18.6 Å². The summed E-state index contributed by atoms with van der Waals surface area (Å²) >= 11 is 0. The predicted molar refractivity (Wildman–Crippen MR) is 68.1 cm³/mol. The molecule has 1 fully saturated rings. The zero-order valence-corrected chi connectivity index (χ0v) is 10.9. The van der Waals surface area contributed by atoms with Gasteiger partial charge in [0.25, 0.3) is 0 Å². The number of pyridine rings is 1. The Hall–Kier alpha value is -1.99. The second-order valence-corrected chi connectivity index (χ2v) is 4.73. The van der Waals surface area contributed by atoms with Crippen molar-refractivity contribution in [1.82, 2.24) is 9.88 Å². The van der Waals surface area contributed by atoms with Gasteiger partial charge in [-0.15, -0.1) is 0 Å². The normalized spacial score (nSPS) is 17.3. The Kier molecular flexibility index (Phi) is 3.74. The van der Waals surface area contributed by atoms with Gasteiger partial charge in [-0.1, -0.05) is 0 Å². The van der Waals surface area contributed by atoms with E-state index in [1.54, 1.807) is 11.9 Å². The summed E-state index contributed by atoms with van der Waals surface area (Å²) < 4.78 is 38.3. The highest BCUT2D eigenvalue weighted by atomic mass is 19.4. The maximum atomic E-state index is 12.8. The van der Waals surface area contributed by atoms with E-state index < -0.39 is 11.7 Å². The maximum Gasteiger partial charge on any atom is 0.416 e. The lowest BCUT2D eigenvalue weighted by molar-refractivity contribution is -0.137. The summed E-state index contributed by atoms with van der Waals surface area (Å²) in [6.45, 7) is 1.04. The quantitative estimate of drug-likeness (QED) is 0.847. The molecule has 20 heavy (non-hydrogen) atoms. The van der Waals surface area contributed by atoms with Crippen molar-refractivity contribution < 1.29 is 18.0 Å². The number of hydrogen-bond acceptors (Lipinski definition) is 4. The van der Waals surface area contributed by atoms with Crippen LogP contribution in [0.1, 0.15) is 12.0 Å². The Labute approximate surface area is 114 Å². The number of likely N-dealkylation sites (N-methyl/N-ethyl adjacent to an activating group) is 1. The van der Waals surface area contributed by atoms with E-state index in [0.29, 0.717) is 19.5 Å². The number of rotatable bonds is 1. The molecule has 0 unspecified atom stereocenters. The molecule has 0 aromatic carbocycles. The molecule has 5 nitrogen and oxygen atoms in total. The lowest BCUT2D eigenvalue weighted by Crippen LogP contribution is -2.34. The van der Waals surface area contributed by atoms with Crippen molar-refractivity contribution in [3.63, 3.8) is 0 Å². The van der Waals surface area contributed by atoms with Gasteiger partial charge in [0, 0.05) is 20.1 Å². The molecule has 1 aliphatic rings. The zero-order valence-electron chi connectivity index (χ0n) is 10.9. The number of hydrogen-bond donors (Lipinski definition) is 1. The number of anilines is 2. The van der Waals surface area contributed by atoms with E-state index in [2.05, 4.69) is 4.98 Å². The van der Waals surface area contributed by atoms with Gasteiger partial charge in [0.15, 0.2) is 0 Å². The number of alkyl halides is 3. The highest BCUT2D eigenvalue weighted by Crippen LogP contribution is 2.32. The third-order valence-corrected chi connectivity index (χ3v) is 3.16. The van der Waals surface area contributed by atoms with Crippen LogP contribution in [0.4, 0.5) is 24.8 Å². The van der Waals surface area contributed by atoms with Crippen LogP contribution in [0, 0.1) is 0 Å². The van der Waals surface area contributed by atoms with Crippen LogP contribution in [0.3, 0.4) is 0 Å². The van der Waals surface area contributed by atoms with Crippen molar-refractivity contribution in [3.8, 4) is 0 Å².